The summed E-state index contributed by atoms with van der Waals surface area (Å²) in [6.07, 6.45) is 10.5. The summed E-state index contributed by atoms with van der Waals surface area (Å²) >= 11 is 0. The quantitative estimate of drug-likeness (QED) is 0.0893. The zero-order chi connectivity index (χ0) is 35.1. The van der Waals surface area contributed by atoms with Crippen LogP contribution in [0.3, 0.4) is 0 Å². The van der Waals surface area contributed by atoms with Crippen molar-refractivity contribution in [2.75, 3.05) is 22.5 Å². The zero-order valence-corrected chi connectivity index (χ0v) is 28.9. The number of nitrogens with zero attached hydrogens (tertiary/aromatic N) is 5. The van der Waals surface area contributed by atoms with E-state index in [1.165, 1.54) is 27.3 Å². The SMILES string of the molecule is Cc1c2cc[n+](C)cc2c(C)c2c1[nH]c1ccc3oc(CCCCC(=O)Nc4cc(C(=O)Nc5cc(NCCC#N)n(C)c5)n(C)c4)nc3c12. The fraction of sp³-hybridized carbons (Fsp3) is 0.289. The van der Waals surface area contributed by atoms with E-state index >= 15 is 0 Å². The number of nitrogens with one attached hydrogen (secondary N) is 4. The van der Waals surface area contributed by atoms with Crippen molar-refractivity contribution < 1.29 is 18.6 Å². The average Bonchev–Trinajstić information content (AvgIpc) is 3.85. The Balaban J connectivity index is 0.976. The molecule has 0 saturated heterocycles. The lowest BCUT2D eigenvalue weighted by molar-refractivity contribution is -0.670. The molecular weight excluding hydrogens is 630 g/mol. The van der Waals surface area contributed by atoms with E-state index in [1.807, 2.05) is 30.8 Å². The highest BCUT2D eigenvalue weighted by Gasteiger charge is 2.20. The van der Waals surface area contributed by atoms with Gasteiger partial charge in [0.25, 0.3) is 5.91 Å². The molecule has 12 heteroatoms. The molecule has 0 aliphatic heterocycles. The van der Waals surface area contributed by atoms with Crippen molar-refractivity contribution in [2.45, 2.75) is 46.0 Å². The molecule has 0 spiro atoms. The smallest absolute Gasteiger partial charge is 0.272 e. The Morgan fingerprint density at radius 1 is 1.00 bits per heavy atom. The number of aromatic amines is 1. The fourth-order valence-corrected chi connectivity index (χ4v) is 6.87. The number of carbonyl (C=O) groups excluding carboxylic acids is 2. The number of oxazole rings is 1. The highest BCUT2D eigenvalue weighted by atomic mass is 16.3. The lowest BCUT2D eigenvalue weighted by atomic mass is 9.96. The molecule has 0 aliphatic rings. The number of pyridine rings is 1. The van der Waals surface area contributed by atoms with Crippen LogP contribution < -0.4 is 20.5 Å². The van der Waals surface area contributed by atoms with E-state index in [2.05, 4.69) is 69.9 Å². The largest absolute Gasteiger partial charge is 0.441 e. The molecule has 0 saturated carbocycles. The Labute approximate surface area is 288 Å². The number of hydrogen-bond donors (Lipinski definition) is 4. The summed E-state index contributed by atoms with van der Waals surface area (Å²) < 4.78 is 11.8. The molecular formula is C38H40N9O3+. The topological polar surface area (TPSA) is 150 Å². The molecule has 0 aliphatic carbocycles. The van der Waals surface area contributed by atoms with Gasteiger partial charge in [-0.2, -0.15) is 5.26 Å². The van der Waals surface area contributed by atoms with Gasteiger partial charge in [0.15, 0.2) is 23.9 Å². The Bertz CT molecular complexity index is 2490. The van der Waals surface area contributed by atoms with Crippen molar-refractivity contribution in [3.05, 3.63) is 77.8 Å². The second kappa shape index (κ2) is 13.1. The van der Waals surface area contributed by atoms with E-state index in [1.54, 1.807) is 30.1 Å². The normalized spacial score (nSPS) is 11.5. The van der Waals surface area contributed by atoms with Gasteiger partial charge in [0, 0.05) is 79.7 Å². The Morgan fingerprint density at radius 3 is 2.62 bits per heavy atom. The molecule has 4 N–H and O–H groups in total. The summed E-state index contributed by atoms with van der Waals surface area (Å²) in [6.45, 7) is 4.85. The molecule has 7 rings (SSSR count). The number of unbranched alkanes of at least 4 members (excludes halogenated alkanes) is 1. The molecule has 0 fully saturated rings. The van der Waals surface area contributed by atoms with Gasteiger partial charge in [0.05, 0.1) is 29.4 Å². The fourth-order valence-electron chi connectivity index (χ4n) is 6.87. The van der Waals surface area contributed by atoms with E-state index in [0.29, 0.717) is 55.2 Å². The molecule has 50 heavy (non-hydrogen) atoms. The highest BCUT2D eigenvalue weighted by Crippen LogP contribution is 2.39. The van der Waals surface area contributed by atoms with Gasteiger partial charge in [-0.25, -0.2) is 9.55 Å². The highest BCUT2D eigenvalue weighted by molar-refractivity contribution is 6.23. The van der Waals surface area contributed by atoms with Gasteiger partial charge >= 0.3 is 0 Å². The van der Waals surface area contributed by atoms with E-state index in [9.17, 15) is 9.59 Å². The summed E-state index contributed by atoms with van der Waals surface area (Å²) in [7, 11) is 5.67. The number of hydrogen-bond acceptors (Lipinski definition) is 6. The van der Waals surface area contributed by atoms with Gasteiger partial charge in [-0.3, -0.25) is 9.59 Å². The van der Waals surface area contributed by atoms with Crippen molar-refractivity contribution in [3.8, 4) is 6.07 Å². The predicted octanol–water partition coefficient (Wildman–Crippen LogP) is 6.66. The molecule has 0 atom stereocenters. The van der Waals surface area contributed by atoms with Gasteiger partial charge in [0.1, 0.15) is 24.1 Å². The molecule has 12 nitrogen and oxygen atoms in total. The van der Waals surface area contributed by atoms with Crippen molar-refractivity contribution in [1.29, 1.82) is 5.26 Å². The van der Waals surface area contributed by atoms with Crippen LogP contribution in [-0.2, 0) is 32.4 Å². The number of fused-ring (bicyclic) bond motifs is 6. The molecule has 7 aromatic rings. The predicted molar refractivity (Wildman–Crippen MR) is 195 cm³/mol. The molecule has 5 aromatic heterocycles. The number of benzene rings is 2. The molecule has 254 valence electrons. The van der Waals surface area contributed by atoms with Gasteiger partial charge < -0.3 is 34.5 Å². The summed E-state index contributed by atoms with van der Waals surface area (Å²) in [4.78, 5) is 34.4. The molecule has 0 unspecified atom stereocenters. The summed E-state index contributed by atoms with van der Waals surface area (Å²) in [6, 6.07) is 11.8. The van der Waals surface area contributed by atoms with E-state index in [0.717, 1.165) is 39.8 Å². The maximum atomic E-state index is 13.0. The Morgan fingerprint density at radius 2 is 1.80 bits per heavy atom. The van der Waals surface area contributed by atoms with Crippen LogP contribution in [0.4, 0.5) is 17.2 Å². The van der Waals surface area contributed by atoms with Gasteiger partial charge in [0.2, 0.25) is 5.91 Å². The minimum absolute atomic E-state index is 0.122. The van der Waals surface area contributed by atoms with Crippen LogP contribution in [0.2, 0.25) is 0 Å². The van der Waals surface area contributed by atoms with E-state index in [4.69, 9.17) is 14.7 Å². The summed E-state index contributed by atoms with van der Waals surface area (Å²) in [5.41, 5.74) is 7.79. The average molecular weight is 671 g/mol. The van der Waals surface area contributed by atoms with Gasteiger partial charge in [-0.1, -0.05) is 0 Å². The minimum atomic E-state index is -0.293. The number of aryl methyl sites for hydroxylation is 6. The summed E-state index contributed by atoms with van der Waals surface area (Å²) in [5.74, 6) is 1.04. The number of H-pyrrole nitrogens is 1. The maximum Gasteiger partial charge on any atom is 0.272 e. The first-order valence-corrected chi connectivity index (χ1v) is 16.8. The molecule has 0 bridgehead atoms. The van der Waals surface area contributed by atoms with Crippen LogP contribution in [-0.4, -0.2) is 37.5 Å². The number of nitriles is 1. The number of carbonyl (C=O) groups is 2. The van der Waals surface area contributed by atoms with Crippen molar-refractivity contribution in [2.24, 2.45) is 21.1 Å². The standard InChI is InChI=1S/C38H39N9O3/c1-22-27-21-45(3)16-13-26(27)23(2)36-34(22)35-28(43-36)11-12-30-37(35)44-33(50-30)10-7-6-9-32(48)41-24-17-29(46(4)19-24)38(49)42-25-18-31(47(5)20-25)40-15-8-14-39/h11-13,16-21,40H,6-10,15H2,1-5H3,(H2,41,42,48,49)/p+1. The number of aromatic nitrogens is 5. The van der Waals surface area contributed by atoms with Crippen molar-refractivity contribution in [3.63, 3.8) is 0 Å². The third-order valence-corrected chi connectivity index (χ3v) is 9.39. The second-order valence-electron chi connectivity index (χ2n) is 13.0. The van der Waals surface area contributed by atoms with Crippen molar-refractivity contribution >= 4 is 72.7 Å². The zero-order valence-electron chi connectivity index (χ0n) is 28.9. The number of amides is 2. The van der Waals surface area contributed by atoms with Crippen LogP contribution in [0.1, 0.15) is 53.2 Å². The van der Waals surface area contributed by atoms with E-state index < -0.39 is 0 Å². The monoisotopic (exact) mass is 670 g/mol. The molecule has 2 amide bonds. The third-order valence-electron chi connectivity index (χ3n) is 9.39. The number of anilines is 3. The number of rotatable bonds is 11. The van der Waals surface area contributed by atoms with Crippen LogP contribution in [0.25, 0.3) is 43.7 Å². The lowest BCUT2D eigenvalue weighted by Gasteiger charge is -2.07. The van der Waals surface area contributed by atoms with Gasteiger partial charge in [-0.15, -0.1) is 0 Å². The van der Waals surface area contributed by atoms with Gasteiger partial charge in [-0.05, 0) is 61.4 Å². The second-order valence-corrected chi connectivity index (χ2v) is 13.0. The minimum Gasteiger partial charge on any atom is -0.441 e. The Hall–Kier alpha value is -6.09. The summed E-state index contributed by atoms with van der Waals surface area (Å²) in [5, 5.41) is 22.5. The molecule has 2 aromatic carbocycles. The van der Waals surface area contributed by atoms with E-state index in [-0.39, 0.29) is 11.8 Å². The van der Waals surface area contributed by atoms with Crippen molar-refractivity contribution in [1.82, 2.24) is 19.1 Å². The van der Waals surface area contributed by atoms with Crippen LogP contribution in [0, 0.1) is 25.2 Å². The van der Waals surface area contributed by atoms with Crippen LogP contribution in [0.15, 0.2) is 59.5 Å². The van der Waals surface area contributed by atoms with Crippen LogP contribution >= 0.6 is 0 Å². The first-order chi connectivity index (χ1) is 24.1. The molecule has 0 radical (unpaired) electrons. The Kier molecular flexibility index (Phi) is 8.49. The maximum absolute atomic E-state index is 13.0. The lowest BCUT2D eigenvalue weighted by Crippen LogP contribution is -2.26. The molecule has 5 heterocycles. The first kappa shape index (κ1) is 32.5. The third kappa shape index (κ3) is 6.02. The van der Waals surface area contributed by atoms with Crippen LogP contribution in [0.5, 0.6) is 0 Å². The first-order valence-electron chi connectivity index (χ1n) is 16.8.